The first kappa shape index (κ1) is 15.4. The molecule has 0 saturated heterocycles. The van der Waals surface area contributed by atoms with E-state index in [0.29, 0.717) is 12.2 Å². The molecule has 5 heteroatoms. The molecule has 0 bridgehead atoms. The highest BCUT2D eigenvalue weighted by Crippen LogP contribution is 2.16. The number of hydrogen-bond donors (Lipinski definition) is 1. The minimum Gasteiger partial charge on any atom is -0.497 e. The molecule has 0 unspecified atom stereocenters. The average Bonchev–Trinajstić information content (AvgIpc) is 2.49. The molecule has 0 radical (unpaired) electrons. The fraction of sp³-hybridized carbons (Fsp3) is 0.188. The monoisotopic (exact) mass is 305 g/mol. The topological polar surface area (TPSA) is 44.5 Å². The van der Waals surface area contributed by atoms with Gasteiger partial charge in [-0.15, -0.1) is 0 Å². The first-order valence-electron chi connectivity index (χ1n) is 6.39. The molecule has 3 nitrogen and oxygen atoms in total. The normalized spacial score (nSPS) is 10.4. The maximum Gasteiger partial charge on any atom is 0.138 e. The summed E-state index contributed by atoms with van der Waals surface area (Å²) < 4.78 is 24.8. The first-order valence-corrected chi connectivity index (χ1v) is 6.80. The molecule has 2 N–H and O–H groups in total. The summed E-state index contributed by atoms with van der Waals surface area (Å²) in [5, 5.41) is 0. The summed E-state index contributed by atoms with van der Waals surface area (Å²) in [7, 11) is 1.61. The van der Waals surface area contributed by atoms with E-state index in [4.69, 9.17) is 27.4 Å². The fourth-order valence-corrected chi connectivity index (χ4v) is 2.08. The van der Waals surface area contributed by atoms with Crippen LogP contribution in [0.4, 0.5) is 4.39 Å². The Hall–Kier alpha value is -1.98. The van der Waals surface area contributed by atoms with Crippen LogP contribution in [0.25, 0.3) is 0 Å². The minimum absolute atomic E-state index is 0.0437. The third kappa shape index (κ3) is 4.00. The van der Waals surface area contributed by atoms with E-state index in [2.05, 4.69) is 0 Å². The van der Waals surface area contributed by atoms with Crippen LogP contribution >= 0.6 is 12.2 Å². The highest BCUT2D eigenvalue weighted by atomic mass is 32.1. The number of hydrogen-bond acceptors (Lipinski definition) is 3. The van der Waals surface area contributed by atoms with E-state index in [1.807, 2.05) is 24.3 Å². The Balaban J connectivity index is 2.00. The van der Waals surface area contributed by atoms with Gasteiger partial charge < -0.3 is 15.2 Å². The third-order valence-electron chi connectivity index (χ3n) is 3.00. The number of methoxy groups -OCH3 is 1. The van der Waals surface area contributed by atoms with Crippen molar-refractivity contribution in [1.82, 2.24) is 0 Å². The molecule has 0 aliphatic rings. The highest BCUT2D eigenvalue weighted by molar-refractivity contribution is 7.80. The SMILES string of the molecule is COc1cccc(COCc2cccc(C(N)=S)c2F)c1. The van der Waals surface area contributed by atoms with Gasteiger partial charge in [-0.25, -0.2) is 4.39 Å². The smallest absolute Gasteiger partial charge is 0.138 e. The first-order chi connectivity index (χ1) is 10.1. The van der Waals surface area contributed by atoms with Gasteiger partial charge in [0.2, 0.25) is 0 Å². The van der Waals surface area contributed by atoms with Gasteiger partial charge in [-0.1, -0.05) is 36.5 Å². The number of benzene rings is 2. The Kier molecular flexibility index (Phi) is 5.25. The highest BCUT2D eigenvalue weighted by Gasteiger charge is 2.10. The van der Waals surface area contributed by atoms with E-state index in [0.717, 1.165) is 11.3 Å². The quantitative estimate of drug-likeness (QED) is 0.833. The molecule has 0 fully saturated rings. The molecule has 21 heavy (non-hydrogen) atoms. The van der Waals surface area contributed by atoms with E-state index >= 15 is 0 Å². The number of halogens is 1. The maximum atomic E-state index is 14.1. The van der Waals surface area contributed by atoms with E-state index < -0.39 is 5.82 Å². The van der Waals surface area contributed by atoms with Crippen molar-refractivity contribution in [3.63, 3.8) is 0 Å². The summed E-state index contributed by atoms with van der Waals surface area (Å²) in [4.78, 5) is 0.0437. The predicted molar refractivity (Wildman–Crippen MR) is 83.8 cm³/mol. The van der Waals surface area contributed by atoms with Crippen LogP contribution in [-0.2, 0) is 18.0 Å². The standard InChI is InChI=1S/C16H16FNO2S/c1-19-13-6-2-4-11(8-13)9-20-10-12-5-3-7-14(15(12)17)16(18)21/h2-8H,9-10H2,1H3,(H2,18,21). The zero-order valence-corrected chi connectivity index (χ0v) is 12.5. The fourth-order valence-electron chi connectivity index (χ4n) is 1.92. The zero-order chi connectivity index (χ0) is 15.2. The van der Waals surface area contributed by atoms with Crippen molar-refractivity contribution in [3.8, 4) is 5.75 Å². The van der Waals surface area contributed by atoms with Gasteiger partial charge >= 0.3 is 0 Å². The molecule has 0 heterocycles. The van der Waals surface area contributed by atoms with Crippen LogP contribution in [0.1, 0.15) is 16.7 Å². The van der Waals surface area contributed by atoms with Crippen LogP contribution < -0.4 is 10.5 Å². The summed E-state index contributed by atoms with van der Waals surface area (Å²) in [6, 6.07) is 12.5. The number of thiocarbonyl (C=S) groups is 1. The lowest BCUT2D eigenvalue weighted by Gasteiger charge is -2.09. The Morgan fingerprint density at radius 3 is 2.67 bits per heavy atom. The Labute approximate surface area is 128 Å². The second-order valence-electron chi connectivity index (χ2n) is 4.49. The van der Waals surface area contributed by atoms with E-state index in [1.165, 1.54) is 0 Å². The van der Waals surface area contributed by atoms with Crippen LogP contribution in [0.15, 0.2) is 42.5 Å². The van der Waals surface area contributed by atoms with Crippen molar-refractivity contribution in [2.45, 2.75) is 13.2 Å². The van der Waals surface area contributed by atoms with E-state index in [-0.39, 0.29) is 17.2 Å². The summed E-state index contributed by atoms with van der Waals surface area (Å²) in [5.41, 5.74) is 7.11. The molecule has 2 aromatic carbocycles. The van der Waals surface area contributed by atoms with Gasteiger partial charge in [-0.3, -0.25) is 0 Å². The summed E-state index contributed by atoms with van der Waals surface area (Å²) >= 11 is 4.81. The van der Waals surface area contributed by atoms with Gasteiger partial charge in [-0.2, -0.15) is 0 Å². The van der Waals surface area contributed by atoms with Gasteiger partial charge in [-0.05, 0) is 23.8 Å². The largest absolute Gasteiger partial charge is 0.497 e. The average molecular weight is 305 g/mol. The van der Waals surface area contributed by atoms with Crippen molar-refractivity contribution < 1.29 is 13.9 Å². The summed E-state index contributed by atoms with van der Waals surface area (Å²) in [5.74, 6) is 0.341. The van der Waals surface area contributed by atoms with Crippen molar-refractivity contribution in [2.24, 2.45) is 5.73 Å². The van der Waals surface area contributed by atoms with Crippen molar-refractivity contribution in [2.75, 3.05) is 7.11 Å². The molecule has 0 aliphatic carbocycles. The molecule has 0 aromatic heterocycles. The number of rotatable bonds is 6. The zero-order valence-electron chi connectivity index (χ0n) is 11.6. The van der Waals surface area contributed by atoms with E-state index in [9.17, 15) is 4.39 Å². The molecule has 0 spiro atoms. The maximum absolute atomic E-state index is 14.1. The Morgan fingerprint density at radius 1 is 1.19 bits per heavy atom. The van der Waals surface area contributed by atoms with Gasteiger partial charge in [0.05, 0.1) is 20.3 Å². The van der Waals surface area contributed by atoms with Crippen LogP contribution in [-0.4, -0.2) is 12.1 Å². The number of nitrogens with two attached hydrogens (primary N) is 1. The second-order valence-corrected chi connectivity index (χ2v) is 4.93. The lowest BCUT2D eigenvalue weighted by Crippen LogP contribution is -2.13. The van der Waals surface area contributed by atoms with Crippen LogP contribution in [0.2, 0.25) is 0 Å². The number of ether oxygens (including phenoxy) is 2. The van der Waals surface area contributed by atoms with Crippen molar-refractivity contribution >= 4 is 17.2 Å². The Bertz CT molecular complexity index is 646. The lowest BCUT2D eigenvalue weighted by molar-refractivity contribution is 0.104. The van der Waals surface area contributed by atoms with E-state index in [1.54, 1.807) is 25.3 Å². The molecule has 0 atom stereocenters. The summed E-state index contributed by atoms with van der Waals surface area (Å²) in [6.07, 6.45) is 0. The molecule has 0 saturated carbocycles. The molecule has 110 valence electrons. The molecule has 2 aromatic rings. The second kappa shape index (κ2) is 7.15. The van der Waals surface area contributed by atoms with Gasteiger partial charge in [0.1, 0.15) is 16.6 Å². The van der Waals surface area contributed by atoms with Gasteiger partial charge in [0.15, 0.2) is 0 Å². The van der Waals surface area contributed by atoms with Crippen LogP contribution in [0.5, 0.6) is 5.75 Å². The molecular weight excluding hydrogens is 289 g/mol. The van der Waals surface area contributed by atoms with Crippen molar-refractivity contribution in [3.05, 3.63) is 65.0 Å². The van der Waals surface area contributed by atoms with Gasteiger partial charge in [0.25, 0.3) is 0 Å². The molecule has 0 amide bonds. The third-order valence-corrected chi connectivity index (χ3v) is 3.22. The molecule has 2 rings (SSSR count). The Morgan fingerprint density at radius 2 is 1.95 bits per heavy atom. The van der Waals surface area contributed by atoms with Crippen molar-refractivity contribution in [1.29, 1.82) is 0 Å². The molecular formula is C16H16FNO2S. The minimum atomic E-state index is -0.421. The van der Waals surface area contributed by atoms with Gasteiger partial charge in [0, 0.05) is 11.1 Å². The lowest BCUT2D eigenvalue weighted by atomic mass is 10.1. The predicted octanol–water partition coefficient (Wildman–Crippen LogP) is 3.19. The van der Waals surface area contributed by atoms with Crippen LogP contribution in [0, 0.1) is 5.82 Å². The van der Waals surface area contributed by atoms with Crippen LogP contribution in [0.3, 0.4) is 0 Å². The summed E-state index contributed by atoms with van der Waals surface area (Å²) in [6.45, 7) is 0.521. The molecule has 0 aliphatic heterocycles.